The van der Waals surface area contributed by atoms with Gasteiger partial charge >= 0.3 is 0 Å². The number of nitrogens with zero attached hydrogens (tertiary/aromatic N) is 2. The minimum atomic E-state index is -0.460. The van der Waals surface area contributed by atoms with Crippen molar-refractivity contribution >= 4 is 16.9 Å². The molecule has 0 spiro atoms. The molecule has 0 unspecified atom stereocenters. The van der Waals surface area contributed by atoms with Gasteiger partial charge in [0.05, 0.1) is 11.0 Å². The first kappa shape index (κ1) is 11.6. The third-order valence-electron chi connectivity index (χ3n) is 2.86. The Labute approximate surface area is 100 Å². The molecule has 2 N–H and O–H groups in total. The van der Waals surface area contributed by atoms with Crippen LogP contribution in [0.4, 0.5) is 0 Å². The van der Waals surface area contributed by atoms with Crippen LogP contribution in [0.15, 0.2) is 24.3 Å². The third kappa shape index (κ3) is 2.30. The zero-order valence-electron chi connectivity index (χ0n) is 10.0. The van der Waals surface area contributed by atoms with Gasteiger partial charge in [-0.15, -0.1) is 0 Å². The molecule has 0 atom stereocenters. The summed E-state index contributed by atoms with van der Waals surface area (Å²) in [4.78, 5) is 15.6. The fourth-order valence-corrected chi connectivity index (χ4v) is 2.01. The van der Waals surface area contributed by atoms with E-state index in [4.69, 9.17) is 5.73 Å². The molecule has 4 nitrogen and oxygen atoms in total. The van der Waals surface area contributed by atoms with E-state index in [9.17, 15) is 4.79 Å². The van der Waals surface area contributed by atoms with Gasteiger partial charge in [0, 0.05) is 6.54 Å². The van der Waals surface area contributed by atoms with Gasteiger partial charge in [0.25, 0.3) is 5.91 Å². The molecule has 4 heteroatoms. The highest BCUT2D eigenvalue weighted by atomic mass is 16.1. The summed E-state index contributed by atoms with van der Waals surface area (Å²) >= 11 is 0. The van der Waals surface area contributed by atoms with Crippen LogP contribution in [-0.2, 0) is 6.54 Å². The summed E-state index contributed by atoms with van der Waals surface area (Å²) in [6.07, 6.45) is 3.33. The van der Waals surface area contributed by atoms with Gasteiger partial charge in [-0.2, -0.15) is 0 Å². The van der Waals surface area contributed by atoms with Gasteiger partial charge in [0.1, 0.15) is 0 Å². The largest absolute Gasteiger partial charge is 0.363 e. The Kier molecular flexibility index (Phi) is 3.42. The number of fused-ring (bicyclic) bond motifs is 1. The number of imidazole rings is 1. The lowest BCUT2D eigenvalue weighted by Crippen LogP contribution is -2.18. The molecule has 0 saturated carbocycles. The van der Waals surface area contributed by atoms with Crippen LogP contribution in [0.5, 0.6) is 0 Å². The Bertz CT molecular complexity index is 530. The highest BCUT2D eigenvalue weighted by molar-refractivity contribution is 5.93. The molecule has 0 fully saturated rings. The monoisotopic (exact) mass is 231 g/mol. The molecular weight excluding hydrogens is 214 g/mol. The molecule has 2 rings (SSSR count). The number of nitrogens with two attached hydrogens (primary N) is 1. The minimum absolute atomic E-state index is 0.363. The van der Waals surface area contributed by atoms with Gasteiger partial charge in [-0.1, -0.05) is 31.9 Å². The summed E-state index contributed by atoms with van der Waals surface area (Å²) in [7, 11) is 0. The molecular formula is C13H17N3O. The average molecular weight is 231 g/mol. The van der Waals surface area contributed by atoms with Gasteiger partial charge in [-0.25, -0.2) is 4.98 Å². The molecule has 0 aliphatic rings. The summed E-state index contributed by atoms with van der Waals surface area (Å²) in [5.41, 5.74) is 7.18. The van der Waals surface area contributed by atoms with E-state index < -0.39 is 5.91 Å². The standard InChI is InChI=1S/C13H17N3O/c1-2-3-6-9-16-11-8-5-4-7-10(11)15-13(16)12(14)17/h4-5,7-8H,2-3,6,9H2,1H3,(H2,14,17). The van der Waals surface area contributed by atoms with Crippen LogP contribution in [0.1, 0.15) is 36.8 Å². The highest BCUT2D eigenvalue weighted by Gasteiger charge is 2.13. The molecule has 0 bridgehead atoms. The third-order valence-corrected chi connectivity index (χ3v) is 2.86. The SMILES string of the molecule is CCCCCn1c(C(N)=O)nc2ccccc21. The number of rotatable bonds is 5. The van der Waals surface area contributed by atoms with Crippen molar-refractivity contribution in [2.24, 2.45) is 5.73 Å². The molecule has 0 radical (unpaired) electrons. The lowest BCUT2D eigenvalue weighted by Gasteiger charge is -2.06. The van der Waals surface area contributed by atoms with Gasteiger partial charge in [-0.05, 0) is 18.6 Å². The van der Waals surface area contributed by atoms with Crippen LogP contribution in [0.3, 0.4) is 0 Å². The lowest BCUT2D eigenvalue weighted by atomic mass is 10.2. The first-order chi connectivity index (χ1) is 8.24. The normalized spacial score (nSPS) is 10.9. The molecule has 17 heavy (non-hydrogen) atoms. The smallest absolute Gasteiger partial charge is 0.284 e. The number of hydrogen-bond acceptors (Lipinski definition) is 2. The summed E-state index contributed by atoms with van der Waals surface area (Å²) in [6.45, 7) is 2.95. The van der Waals surface area contributed by atoms with E-state index in [-0.39, 0.29) is 0 Å². The number of carbonyl (C=O) groups excluding carboxylic acids is 1. The Morgan fingerprint density at radius 2 is 2.12 bits per heavy atom. The summed E-state index contributed by atoms with van der Waals surface area (Å²) in [6, 6.07) is 7.74. The molecule has 0 aliphatic carbocycles. The molecule has 0 saturated heterocycles. The predicted molar refractivity (Wildman–Crippen MR) is 67.8 cm³/mol. The topological polar surface area (TPSA) is 60.9 Å². The number of hydrogen-bond donors (Lipinski definition) is 1. The Hall–Kier alpha value is -1.84. The quantitative estimate of drug-likeness (QED) is 0.803. The zero-order valence-corrected chi connectivity index (χ0v) is 10.0. The van der Waals surface area contributed by atoms with Gasteiger partial charge in [-0.3, -0.25) is 4.79 Å². The molecule has 1 amide bonds. The van der Waals surface area contributed by atoms with Crippen LogP contribution in [0.2, 0.25) is 0 Å². The lowest BCUT2D eigenvalue weighted by molar-refractivity contribution is 0.0986. The maximum absolute atomic E-state index is 11.4. The summed E-state index contributed by atoms with van der Waals surface area (Å²) in [5.74, 6) is -0.0972. The number of amides is 1. The van der Waals surface area contributed by atoms with Crippen molar-refractivity contribution in [1.29, 1.82) is 0 Å². The highest BCUT2D eigenvalue weighted by Crippen LogP contribution is 2.16. The van der Waals surface area contributed by atoms with E-state index in [0.29, 0.717) is 5.82 Å². The zero-order chi connectivity index (χ0) is 12.3. The first-order valence-corrected chi connectivity index (χ1v) is 5.99. The second-order valence-corrected chi connectivity index (χ2v) is 4.15. The van der Waals surface area contributed by atoms with Gasteiger partial charge in [0.15, 0.2) is 5.82 Å². The maximum atomic E-state index is 11.4. The number of carbonyl (C=O) groups is 1. The van der Waals surface area contributed by atoms with E-state index in [1.54, 1.807) is 0 Å². The molecule has 90 valence electrons. The number of primary amides is 1. The average Bonchev–Trinajstić information content (AvgIpc) is 2.69. The van der Waals surface area contributed by atoms with Crippen molar-refractivity contribution in [2.45, 2.75) is 32.7 Å². The van der Waals surface area contributed by atoms with E-state index in [0.717, 1.165) is 36.8 Å². The number of benzene rings is 1. The van der Waals surface area contributed by atoms with Gasteiger partial charge in [0.2, 0.25) is 0 Å². The summed E-state index contributed by atoms with van der Waals surface area (Å²) < 4.78 is 1.92. The molecule has 2 aromatic rings. The molecule has 1 heterocycles. The second-order valence-electron chi connectivity index (χ2n) is 4.15. The fourth-order valence-electron chi connectivity index (χ4n) is 2.01. The van der Waals surface area contributed by atoms with Crippen LogP contribution in [0.25, 0.3) is 11.0 Å². The van der Waals surface area contributed by atoms with Crippen molar-refractivity contribution in [1.82, 2.24) is 9.55 Å². The molecule has 0 aliphatic heterocycles. The fraction of sp³-hybridized carbons (Fsp3) is 0.385. The summed E-state index contributed by atoms with van der Waals surface area (Å²) in [5, 5.41) is 0. The number of aromatic nitrogens is 2. The number of para-hydroxylation sites is 2. The van der Waals surface area contributed by atoms with Crippen molar-refractivity contribution < 1.29 is 4.79 Å². The molecule has 1 aromatic heterocycles. The van der Waals surface area contributed by atoms with E-state index in [1.807, 2.05) is 28.8 Å². The van der Waals surface area contributed by atoms with Crippen LogP contribution < -0.4 is 5.73 Å². The molecule has 1 aromatic carbocycles. The Morgan fingerprint density at radius 1 is 1.35 bits per heavy atom. The van der Waals surface area contributed by atoms with E-state index >= 15 is 0 Å². The van der Waals surface area contributed by atoms with E-state index in [2.05, 4.69) is 11.9 Å². The van der Waals surface area contributed by atoms with Crippen molar-refractivity contribution in [2.75, 3.05) is 0 Å². The minimum Gasteiger partial charge on any atom is -0.363 e. The van der Waals surface area contributed by atoms with Crippen LogP contribution in [-0.4, -0.2) is 15.5 Å². The van der Waals surface area contributed by atoms with Crippen molar-refractivity contribution in [3.8, 4) is 0 Å². The number of aryl methyl sites for hydroxylation is 1. The predicted octanol–water partition coefficient (Wildman–Crippen LogP) is 2.33. The second kappa shape index (κ2) is 4.99. The van der Waals surface area contributed by atoms with Crippen LogP contribution >= 0.6 is 0 Å². The Balaban J connectivity index is 2.41. The van der Waals surface area contributed by atoms with Crippen molar-refractivity contribution in [3.05, 3.63) is 30.1 Å². The first-order valence-electron chi connectivity index (χ1n) is 5.99. The van der Waals surface area contributed by atoms with Crippen LogP contribution in [0, 0.1) is 0 Å². The van der Waals surface area contributed by atoms with Crippen molar-refractivity contribution in [3.63, 3.8) is 0 Å². The van der Waals surface area contributed by atoms with E-state index in [1.165, 1.54) is 0 Å². The number of unbranched alkanes of at least 4 members (excludes halogenated alkanes) is 2. The Morgan fingerprint density at radius 3 is 2.82 bits per heavy atom. The van der Waals surface area contributed by atoms with Gasteiger partial charge < -0.3 is 10.3 Å². The maximum Gasteiger partial charge on any atom is 0.284 e.